The van der Waals surface area contributed by atoms with Crippen LogP contribution in [0.1, 0.15) is 44.2 Å². The fourth-order valence-electron chi connectivity index (χ4n) is 2.72. The minimum Gasteiger partial charge on any atom is -0.352 e. The first-order valence-corrected chi connectivity index (χ1v) is 7.72. The van der Waals surface area contributed by atoms with Gasteiger partial charge < -0.3 is 10.6 Å². The molecule has 1 saturated carbocycles. The van der Waals surface area contributed by atoms with Gasteiger partial charge in [-0.05, 0) is 18.9 Å². The lowest BCUT2D eigenvalue weighted by molar-refractivity contribution is -0.121. The number of carbonyl (C=O) groups excluding carboxylic acids is 1. The molecule has 1 aromatic heterocycles. The van der Waals surface area contributed by atoms with Gasteiger partial charge in [0.25, 0.3) is 0 Å². The van der Waals surface area contributed by atoms with Gasteiger partial charge in [-0.2, -0.15) is 5.10 Å². The molecule has 20 heavy (non-hydrogen) atoms. The molecule has 2 rings (SSSR count). The highest BCUT2D eigenvalue weighted by Gasteiger charge is 2.14. The summed E-state index contributed by atoms with van der Waals surface area (Å²) in [5.41, 5.74) is 1.06. The maximum Gasteiger partial charge on any atom is 0.234 e. The number of amides is 1. The van der Waals surface area contributed by atoms with Gasteiger partial charge in [0.2, 0.25) is 5.91 Å². The maximum absolute atomic E-state index is 11.8. The van der Waals surface area contributed by atoms with Crippen molar-refractivity contribution in [3.05, 3.63) is 18.0 Å². The molecule has 5 heteroatoms. The van der Waals surface area contributed by atoms with Gasteiger partial charge in [-0.3, -0.25) is 9.48 Å². The predicted molar refractivity (Wildman–Crippen MR) is 79.4 cm³/mol. The molecule has 1 fully saturated rings. The molecule has 0 bridgehead atoms. The van der Waals surface area contributed by atoms with E-state index in [1.807, 2.05) is 19.3 Å². The zero-order valence-corrected chi connectivity index (χ0v) is 12.4. The molecule has 1 amide bonds. The molecular formula is C15H26N4O. The van der Waals surface area contributed by atoms with Crippen molar-refractivity contribution in [1.29, 1.82) is 0 Å². The Labute approximate surface area is 121 Å². The average molecular weight is 278 g/mol. The van der Waals surface area contributed by atoms with Crippen molar-refractivity contribution in [2.24, 2.45) is 7.05 Å². The number of nitrogens with zero attached hydrogens (tertiary/aromatic N) is 2. The number of nitrogens with one attached hydrogen (secondary N) is 2. The van der Waals surface area contributed by atoms with Crippen LogP contribution in [-0.4, -0.2) is 34.8 Å². The Balaban J connectivity index is 1.57. The zero-order valence-electron chi connectivity index (χ0n) is 12.4. The molecule has 2 N–H and O–H groups in total. The van der Waals surface area contributed by atoms with E-state index in [4.69, 9.17) is 0 Å². The van der Waals surface area contributed by atoms with E-state index in [2.05, 4.69) is 15.7 Å². The van der Waals surface area contributed by atoms with Gasteiger partial charge in [0.1, 0.15) is 0 Å². The third kappa shape index (κ3) is 5.33. The van der Waals surface area contributed by atoms with Crippen molar-refractivity contribution >= 4 is 5.91 Å². The quantitative estimate of drug-likeness (QED) is 0.611. The fraction of sp³-hybridized carbons (Fsp3) is 0.733. The summed E-state index contributed by atoms with van der Waals surface area (Å²) in [7, 11) is 1.91. The third-order valence-electron chi connectivity index (χ3n) is 3.83. The Kier molecular flexibility index (Phi) is 6.05. The predicted octanol–water partition coefficient (Wildman–Crippen LogP) is 1.39. The molecule has 1 aliphatic carbocycles. The standard InChI is InChI=1S/C15H26N4O/c1-19-11-9-14(18-19)8-10-16-12-15(20)17-13-6-4-2-3-5-7-13/h9,11,13,16H,2-8,10,12H2,1H3,(H,17,20). The van der Waals surface area contributed by atoms with Crippen LogP contribution in [0.4, 0.5) is 0 Å². The summed E-state index contributed by atoms with van der Waals surface area (Å²) in [5, 5.41) is 10.6. The van der Waals surface area contributed by atoms with Crippen LogP contribution in [0.25, 0.3) is 0 Å². The number of aromatic nitrogens is 2. The summed E-state index contributed by atoms with van der Waals surface area (Å²) >= 11 is 0. The van der Waals surface area contributed by atoms with Gasteiger partial charge in [0, 0.05) is 32.3 Å². The number of aryl methyl sites for hydroxylation is 1. The smallest absolute Gasteiger partial charge is 0.234 e. The topological polar surface area (TPSA) is 59.0 Å². The van der Waals surface area contributed by atoms with Crippen LogP contribution in [-0.2, 0) is 18.3 Å². The molecule has 0 unspecified atom stereocenters. The molecule has 1 aliphatic rings. The molecular weight excluding hydrogens is 252 g/mol. The second-order valence-electron chi connectivity index (χ2n) is 5.66. The lowest BCUT2D eigenvalue weighted by Gasteiger charge is -2.16. The van der Waals surface area contributed by atoms with Crippen molar-refractivity contribution in [2.75, 3.05) is 13.1 Å². The second-order valence-corrected chi connectivity index (χ2v) is 5.66. The third-order valence-corrected chi connectivity index (χ3v) is 3.83. The van der Waals surface area contributed by atoms with Crippen LogP contribution in [0, 0.1) is 0 Å². The van der Waals surface area contributed by atoms with E-state index in [1.165, 1.54) is 25.7 Å². The minimum absolute atomic E-state index is 0.123. The Morgan fingerprint density at radius 3 is 2.75 bits per heavy atom. The number of hydrogen-bond donors (Lipinski definition) is 2. The molecule has 5 nitrogen and oxygen atoms in total. The first-order valence-electron chi connectivity index (χ1n) is 7.72. The van der Waals surface area contributed by atoms with E-state index in [0.29, 0.717) is 12.6 Å². The Hall–Kier alpha value is -1.36. The lowest BCUT2D eigenvalue weighted by atomic mass is 10.1. The maximum atomic E-state index is 11.8. The molecule has 0 aliphatic heterocycles. The summed E-state index contributed by atoms with van der Waals surface area (Å²) in [5.74, 6) is 0.123. The molecule has 0 atom stereocenters. The van der Waals surface area contributed by atoms with Crippen LogP contribution in [0.2, 0.25) is 0 Å². The summed E-state index contributed by atoms with van der Waals surface area (Å²) in [6, 6.07) is 2.40. The van der Waals surface area contributed by atoms with Crippen LogP contribution >= 0.6 is 0 Å². The second kappa shape index (κ2) is 8.04. The molecule has 0 saturated heterocycles. The fourth-order valence-corrected chi connectivity index (χ4v) is 2.72. The highest BCUT2D eigenvalue weighted by atomic mass is 16.1. The van der Waals surface area contributed by atoms with Crippen molar-refractivity contribution < 1.29 is 4.79 Å². The molecule has 112 valence electrons. The van der Waals surface area contributed by atoms with E-state index < -0.39 is 0 Å². The van der Waals surface area contributed by atoms with Crippen LogP contribution in [0.15, 0.2) is 12.3 Å². The average Bonchev–Trinajstić information content (AvgIpc) is 2.68. The van der Waals surface area contributed by atoms with Gasteiger partial charge in [0.05, 0.1) is 12.2 Å². The molecule has 0 radical (unpaired) electrons. The Morgan fingerprint density at radius 1 is 1.35 bits per heavy atom. The van der Waals surface area contributed by atoms with E-state index >= 15 is 0 Å². The first kappa shape index (κ1) is 15.0. The van der Waals surface area contributed by atoms with Crippen molar-refractivity contribution in [3.8, 4) is 0 Å². The Bertz CT molecular complexity index is 408. The zero-order chi connectivity index (χ0) is 14.2. The molecule has 0 spiro atoms. The van der Waals surface area contributed by atoms with Crippen molar-refractivity contribution in [2.45, 2.75) is 51.0 Å². The number of rotatable bonds is 6. The SMILES string of the molecule is Cn1ccc(CCNCC(=O)NC2CCCCCC2)n1. The van der Waals surface area contributed by atoms with E-state index in [-0.39, 0.29) is 5.91 Å². The number of carbonyl (C=O) groups is 1. The van der Waals surface area contributed by atoms with E-state index in [9.17, 15) is 4.79 Å². The van der Waals surface area contributed by atoms with Crippen molar-refractivity contribution in [3.63, 3.8) is 0 Å². The summed E-state index contributed by atoms with van der Waals surface area (Å²) < 4.78 is 1.80. The lowest BCUT2D eigenvalue weighted by Crippen LogP contribution is -2.40. The van der Waals surface area contributed by atoms with Gasteiger partial charge in [0.15, 0.2) is 0 Å². The van der Waals surface area contributed by atoms with Gasteiger partial charge in [-0.1, -0.05) is 25.7 Å². The van der Waals surface area contributed by atoms with Gasteiger partial charge in [-0.15, -0.1) is 0 Å². The van der Waals surface area contributed by atoms with E-state index in [0.717, 1.165) is 31.5 Å². The summed E-state index contributed by atoms with van der Waals surface area (Å²) in [6.07, 6.45) is 10.2. The highest BCUT2D eigenvalue weighted by molar-refractivity contribution is 5.78. The Morgan fingerprint density at radius 2 is 2.10 bits per heavy atom. The van der Waals surface area contributed by atoms with Gasteiger partial charge in [-0.25, -0.2) is 0 Å². The largest absolute Gasteiger partial charge is 0.352 e. The molecule has 1 heterocycles. The van der Waals surface area contributed by atoms with Crippen LogP contribution < -0.4 is 10.6 Å². The van der Waals surface area contributed by atoms with Crippen LogP contribution in [0.3, 0.4) is 0 Å². The highest BCUT2D eigenvalue weighted by Crippen LogP contribution is 2.16. The molecule has 1 aromatic rings. The summed E-state index contributed by atoms with van der Waals surface area (Å²) in [4.78, 5) is 11.8. The number of hydrogen-bond acceptors (Lipinski definition) is 3. The normalized spacial score (nSPS) is 16.9. The van der Waals surface area contributed by atoms with E-state index in [1.54, 1.807) is 4.68 Å². The monoisotopic (exact) mass is 278 g/mol. The minimum atomic E-state index is 0.123. The van der Waals surface area contributed by atoms with Gasteiger partial charge >= 0.3 is 0 Å². The first-order chi connectivity index (χ1) is 9.74. The van der Waals surface area contributed by atoms with Crippen molar-refractivity contribution in [1.82, 2.24) is 20.4 Å². The van der Waals surface area contributed by atoms with Crippen LogP contribution in [0.5, 0.6) is 0 Å². The summed E-state index contributed by atoms with van der Waals surface area (Å²) in [6.45, 7) is 1.19. The molecule has 0 aromatic carbocycles.